The molecule has 1 unspecified atom stereocenters. The van der Waals surface area contributed by atoms with Gasteiger partial charge in [0.2, 0.25) is 0 Å². The van der Waals surface area contributed by atoms with E-state index in [1.807, 2.05) is 25.5 Å². The van der Waals surface area contributed by atoms with Gasteiger partial charge in [0.1, 0.15) is 0 Å². The average molecular weight is 288 g/mol. The molecule has 0 aliphatic rings. The molecule has 0 radical (unpaired) electrons. The van der Waals surface area contributed by atoms with Crippen LogP contribution < -0.4 is 0 Å². The molecule has 1 aromatic rings. The molecule has 1 aromatic heterocycles. The molecule has 0 aromatic carbocycles. The Balaban J connectivity index is 1.83. The van der Waals surface area contributed by atoms with Gasteiger partial charge in [-0.1, -0.05) is 57.9 Å². The molecule has 2 heteroatoms. The van der Waals surface area contributed by atoms with Crippen molar-refractivity contribution in [2.24, 2.45) is 10.9 Å². The molecule has 118 valence electrons. The van der Waals surface area contributed by atoms with Crippen LogP contribution in [0.5, 0.6) is 0 Å². The van der Waals surface area contributed by atoms with Gasteiger partial charge >= 0.3 is 0 Å². The lowest BCUT2D eigenvalue weighted by molar-refractivity contribution is 0.541. The summed E-state index contributed by atoms with van der Waals surface area (Å²) in [7, 11) is 1.87. The zero-order valence-corrected chi connectivity index (χ0v) is 13.9. The van der Waals surface area contributed by atoms with Crippen molar-refractivity contribution in [3.8, 4) is 0 Å². The highest BCUT2D eigenvalue weighted by molar-refractivity contribution is 5.59. The molecule has 0 fully saturated rings. The Morgan fingerprint density at radius 2 is 1.71 bits per heavy atom. The van der Waals surface area contributed by atoms with Gasteiger partial charge in [0.25, 0.3) is 0 Å². The van der Waals surface area contributed by atoms with Gasteiger partial charge in [-0.05, 0) is 36.8 Å². The van der Waals surface area contributed by atoms with E-state index in [0.717, 1.165) is 0 Å². The van der Waals surface area contributed by atoms with Gasteiger partial charge in [0.15, 0.2) is 0 Å². The fraction of sp³-hybridized carbons (Fsp3) is 0.684. The van der Waals surface area contributed by atoms with Crippen LogP contribution in [0.15, 0.2) is 29.5 Å². The highest BCUT2D eigenvalue weighted by atomic mass is 14.6. The van der Waals surface area contributed by atoms with Crippen LogP contribution in [-0.4, -0.2) is 18.2 Å². The number of aromatic nitrogens is 1. The summed E-state index contributed by atoms with van der Waals surface area (Å²) in [6.07, 6.45) is 19.4. The van der Waals surface area contributed by atoms with Crippen molar-refractivity contribution in [1.29, 1.82) is 0 Å². The van der Waals surface area contributed by atoms with Crippen LogP contribution in [0.4, 0.5) is 0 Å². The topological polar surface area (TPSA) is 25.2 Å². The van der Waals surface area contributed by atoms with Crippen molar-refractivity contribution < 1.29 is 0 Å². The van der Waals surface area contributed by atoms with Crippen LogP contribution in [0.1, 0.15) is 70.3 Å². The van der Waals surface area contributed by atoms with E-state index in [-0.39, 0.29) is 0 Å². The minimum Gasteiger partial charge on any atom is -0.301 e. The third kappa shape index (κ3) is 10.2. The van der Waals surface area contributed by atoms with Crippen LogP contribution in [0.3, 0.4) is 0 Å². The number of hydrogen-bond acceptors (Lipinski definition) is 2. The summed E-state index contributed by atoms with van der Waals surface area (Å²) in [5.74, 6) is 0.655. The normalized spacial score (nSPS) is 12.9. The van der Waals surface area contributed by atoms with E-state index in [1.165, 1.54) is 69.8 Å². The van der Waals surface area contributed by atoms with E-state index >= 15 is 0 Å². The monoisotopic (exact) mass is 288 g/mol. The van der Waals surface area contributed by atoms with Crippen molar-refractivity contribution in [3.63, 3.8) is 0 Å². The van der Waals surface area contributed by atoms with E-state index < -0.39 is 0 Å². The molecule has 1 heterocycles. The van der Waals surface area contributed by atoms with Crippen molar-refractivity contribution >= 4 is 6.21 Å². The Bertz CT molecular complexity index is 359. The summed E-state index contributed by atoms with van der Waals surface area (Å²) < 4.78 is 0. The van der Waals surface area contributed by atoms with Crippen LogP contribution in [0.25, 0.3) is 0 Å². The molecule has 21 heavy (non-hydrogen) atoms. The number of unbranched alkanes of at least 4 members (excludes halogenated alkanes) is 7. The molecule has 0 N–H and O–H groups in total. The van der Waals surface area contributed by atoms with Crippen LogP contribution in [0, 0.1) is 5.92 Å². The molecule has 0 saturated carbocycles. The average Bonchev–Trinajstić information content (AvgIpc) is 2.50. The minimum atomic E-state index is 0.655. The molecule has 0 spiro atoms. The lowest BCUT2D eigenvalue weighted by Gasteiger charge is -2.05. The lowest BCUT2D eigenvalue weighted by Crippen LogP contribution is -1.95. The number of rotatable bonds is 12. The van der Waals surface area contributed by atoms with Crippen molar-refractivity contribution in [1.82, 2.24) is 4.98 Å². The lowest BCUT2D eigenvalue weighted by atomic mass is 10.0. The first-order valence-electron chi connectivity index (χ1n) is 8.64. The smallest absolute Gasteiger partial charge is 0.0299 e. The number of aryl methyl sites for hydroxylation is 1. The molecule has 1 rings (SSSR count). The number of pyridine rings is 1. The van der Waals surface area contributed by atoms with Gasteiger partial charge in [-0.3, -0.25) is 4.98 Å². The Morgan fingerprint density at radius 3 is 2.33 bits per heavy atom. The molecule has 0 aliphatic carbocycles. The summed E-state index contributed by atoms with van der Waals surface area (Å²) in [6, 6.07) is 4.21. The van der Waals surface area contributed by atoms with Crippen LogP contribution >= 0.6 is 0 Å². The first kappa shape index (κ1) is 17.9. The molecule has 0 saturated heterocycles. The van der Waals surface area contributed by atoms with Gasteiger partial charge in [-0.2, -0.15) is 0 Å². The van der Waals surface area contributed by atoms with E-state index in [2.05, 4.69) is 29.2 Å². The molecule has 1 atom stereocenters. The Kier molecular flexibility index (Phi) is 10.7. The molecule has 0 aliphatic heterocycles. The second-order valence-corrected chi connectivity index (χ2v) is 6.11. The van der Waals surface area contributed by atoms with Gasteiger partial charge in [-0.25, -0.2) is 0 Å². The van der Waals surface area contributed by atoms with Crippen molar-refractivity contribution in [2.75, 3.05) is 7.05 Å². The van der Waals surface area contributed by atoms with Crippen LogP contribution in [0.2, 0.25) is 0 Å². The van der Waals surface area contributed by atoms with Gasteiger partial charge in [0, 0.05) is 25.7 Å². The quantitative estimate of drug-likeness (QED) is 0.370. The Hall–Kier alpha value is -1.18. The third-order valence-electron chi connectivity index (χ3n) is 4.00. The van der Waals surface area contributed by atoms with E-state index in [0.29, 0.717) is 5.92 Å². The third-order valence-corrected chi connectivity index (χ3v) is 4.00. The van der Waals surface area contributed by atoms with E-state index in [1.54, 1.807) is 0 Å². The zero-order valence-electron chi connectivity index (χ0n) is 13.9. The fourth-order valence-electron chi connectivity index (χ4n) is 2.73. The maximum atomic E-state index is 4.16. The van der Waals surface area contributed by atoms with Crippen molar-refractivity contribution in [2.45, 2.75) is 71.1 Å². The van der Waals surface area contributed by atoms with Crippen molar-refractivity contribution in [3.05, 3.63) is 30.1 Å². The number of nitrogens with zero attached hydrogens (tertiary/aromatic N) is 2. The number of aliphatic imine (C=N–C) groups is 1. The SMILES string of the molecule is CN=CC(C)CCCCCCCCCCc1cccnc1. The molecular weight excluding hydrogens is 256 g/mol. The maximum absolute atomic E-state index is 4.16. The predicted octanol–water partition coefficient (Wildman–Crippen LogP) is 5.47. The fourth-order valence-corrected chi connectivity index (χ4v) is 2.73. The highest BCUT2D eigenvalue weighted by Gasteiger charge is 1.98. The first-order valence-corrected chi connectivity index (χ1v) is 8.64. The maximum Gasteiger partial charge on any atom is 0.0299 e. The predicted molar refractivity (Wildman–Crippen MR) is 93.1 cm³/mol. The summed E-state index contributed by atoms with van der Waals surface area (Å²) in [6.45, 7) is 2.26. The van der Waals surface area contributed by atoms with Gasteiger partial charge in [0.05, 0.1) is 0 Å². The zero-order chi connectivity index (χ0) is 15.2. The Morgan fingerprint density at radius 1 is 1.05 bits per heavy atom. The minimum absolute atomic E-state index is 0.655. The summed E-state index contributed by atoms with van der Waals surface area (Å²) in [4.78, 5) is 8.24. The van der Waals surface area contributed by atoms with Crippen LogP contribution in [-0.2, 0) is 6.42 Å². The molecule has 0 amide bonds. The van der Waals surface area contributed by atoms with Gasteiger partial charge < -0.3 is 4.99 Å². The first-order chi connectivity index (χ1) is 10.3. The largest absolute Gasteiger partial charge is 0.301 e. The Labute approximate surface area is 131 Å². The highest BCUT2D eigenvalue weighted by Crippen LogP contribution is 2.13. The second kappa shape index (κ2) is 12.6. The summed E-state index contributed by atoms with van der Waals surface area (Å²) in [5, 5.41) is 0. The van der Waals surface area contributed by atoms with E-state index in [4.69, 9.17) is 0 Å². The molecular formula is C19H32N2. The molecule has 0 bridgehead atoms. The summed E-state index contributed by atoms with van der Waals surface area (Å²) in [5.41, 5.74) is 1.38. The second-order valence-electron chi connectivity index (χ2n) is 6.11. The molecule has 2 nitrogen and oxygen atoms in total. The van der Waals surface area contributed by atoms with Gasteiger partial charge in [-0.15, -0.1) is 0 Å². The standard InChI is InChI=1S/C19H32N2/c1-18(16-20-2)12-9-7-5-3-4-6-8-10-13-19-14-11-15-21-17-19/h11,14-18H,3-10,12-13H2,1-2H3. The summed E-state index contributed by atoms with van der Waals surface area (Å²) >= 11 is 0. The van der Waals surface area contributed by atoms with E-state index in [9.17, 15) is 0 Å². The number of hydrogen-bond donors (Lipinski definition) is 0.